The number of halogens is 2. The van der Waals surface area contributed by atoms with Gasteiger partial charge in [-0.05, 0) is 49.7 Å². The van der Waals surface area contributed by atoms with Crippen LogP contribution in [-0.2, 0) is 23.7 Å². The standard InChI is InChI=1S/C29H28Cl2N4O7/c1-16-4-8-18(9-5-16)27(36)40-14-20-22(42-28(37)19-10-6-17(2)7-11-19)23(39-13-12-38-3)26(41-20)35-15-32-21-24(30)33-29(31)34-25(21)35/h4-11,15,20,22-23,26H,12-14H2,1-3H3/t20-,22-,23-,26-/m1/s1. The molecule has 1 aliphatic rings. The van der Waals surface area contributed by atoms with Gasteiger partial charge >= 0.3 is 11.9 Å². The molecule has 0 unspecified atom stereocenters. The van der Waals surface area contributed by atoms with Crippen LogP contribution < -0.4 is 0 Å². The van der Waals surface area contributed by atoms with Gasteiger partial charge in [-0.2, -0.15) is 4.98 Å². The molecule has 13 heteroatoms. The molecule has 0 radical (unpaired) electrons. The maximum absolute atomic E-state index is 13.3. The lowest BCUT2D eigenvalue weighted by Crippen LogP contribution is -2.40. The molecule has 1 fully saturated rings. The zero-order valence-electron chi connectivity index (χ0n) is 23.0. The summed E-state index contributed by atoms with van der Waals surface area (Å²) in [4.78, 5) is 38.7. The van der Waals surface area contributed by atoms with E-state index in [0.717, 1.165) is 11.1 Å². The highest BCUT2D eigenvalue weighted by Gasteiger charge is 2.50. The Labute approximate surface area is 251 Å². The lowest BCUT2D eigenvalue weighted by atomic mass is 10.1. The van der Waals surface area contributed by atoms with Gasteiger partial charge in [-0.3, -0.25) is 4.57 Å². The van der Waals surface area contributed by atoms with Gasteiger partial charge in [0.15, 0.2) is 23.1 Å². The zero-order chi connectivity index (χ0) is 29.8. The fourth-order valence-electron chi connectivity index (χ4n) is 4.51. The number of carbonyl (C=O) groups excluding carboxylic acids is 2. The van der Waals surface area contributed by atoms with Gasteiger partial charge in [0, 0.05) is 7.11 Å². The first-order valence-electron chi connectivity index (χ1n) is 13.1. The van der Waals surface area contributed by atoms with Crippen LogP contribution in [0.2, 0.25) is 10.4 Å². The van der Waals surface area contributed by atoms with Crippen LogP contribution in [0.15, 0.2) is 54.9 Å². The second kappa shape index (κ2) is 13.1. The molecule has 3 heterocycles. The molecule has 1 saturated heterocycles. The maximum Gasteiger partial charge on any atom is 0.338 e. The number of hydrogen-bond donors (Lipinski definition) is 0. The average Bonchev–Trinajstić information content (AvgIpc) is 3.54. The number of fused-ring (bicyclic) bond motifs is 1. The van der Waals surface area contributed by atoms with Crippen LogP contribution in [0.1, 0.15) is 38.1 Å². The number of esters is 2. The second-order valence-electron chi connectivity index (χ2n) is 9.70. The number of imidazole rings is 1. The van der Waals surface area contributed by atoms with E-state index in [1.165, 1.54) is 6.33 Å². The predicted molar refractivity (Wildman–Crippen MR) is 153 cm³/mol. The van der Waals surface area contributed by atoms with Crippen LogP contribution in [0, 0.1) is 13.8 Å². The van der Waals surface area contributed by atoms with Crippen molar-refractivity contribution in [3.63, 3.8) is 0 Å². The minimum absolute atomic E-state index is 0.0597. The van der Waals surface area contributed by atoms with E-state index in [2.05, 4.69) is 15.0 Å². The number of hydrogen-bond acceptors (Lipinski definition) is 10. The number of ether oxygens (including phenoxy) is 5. The minimum Gasteiger partial charge on any atom is -0.459 e. The quantitative estimate of drug-likeness (QED) is 0.107. The van der Waals surface area contributed by atoms with Crippen LogP contribution in [-0.4, -0.2) is 76.7 Å². The van der Waals surface area contributed by atoms with E-state index >= 15 is 0 Å². The second-order valence-corrected chi connectivity index (χ2v) is 10.4. The van der Waals surface area contributed by atoms with Gasteiger partial charge in [-0.25, -0.2) is 19.6 Å². The Bertz CT molecular complexity index is 1560. The molecule has 1 aliphatic heterocycles. The number of aryl methyl sites for hydroxylation is 2. The molecule has 5 rings (SSSR count). The summed E-state index contributed by atoms with van der Waals surface area (Å²) in [5.74, 6) is -1.15. The summed E-state index contributed by atoms with van der Waals surface area (Å²) in [6, 6.07) is 13.9. The van der Waals surface area contributed by atoms with Gasteiger partial charge in [-0.1, -0.05) is 47.0 Å². The number of nitrogens with zero attached hydrogens (tertiary/aromatic N) is 4. The summed E-state index contributed by atoms with van der Waals surface area (Å²) in [5.41, 5.74) is 3.29. The number of benzene rings is 2. The zero-order valence-corrected chi connectivity index (χ0v) is 24.5. The van der Waals surface area contributed by atoms with Gasteiger partial charge in [0.2, 0.25) is 5.28 Å². The lowest BCUT2D eigenvalue weighted by Gasteiger charge is -2.25. The van der Waals surface area contributed by atoms with E-state index in [1.807, 2.05) is 38.1 Å². The van der Waals surface area contributed by atoms with Crippen LogP contribution in [0.5, 0.6) is 0 Å². The molecule has 2 aromatic heterocycles. The number of aromatic nitrogens is 4. The van der Waals surface area contributed by atoms with Gasteiger partial charge in [0.25, 0.3) is 0 Å². The van der Waals surface area contributed by atoms with E-state index in [9.17, 15) is 9.59 Å². The molecule has 11 nitrogen and oxygen atoms in total. The molecule has 0 bridgehead atoms. The molecule has 42 heavy (non-hydrogen) atoms. The van der Waals surface area contributed by atoms with Gasteiger partial charge in [0.1, 0.15) is 24.3 Å². The fraction of sp³-hybridized carbons (Fsp3) is 0.345. The van der Waals surface area contributed by atoms with Crippen molar-refractivity contribution in [2.75, 3.05) is 26.9 Å². The third kappa shape index (κ3) is 6.55. The highest BCUT2D eigenvalue weighted by molar-refractivity contribution is 6.35. The smallest absolute Gasteiger partial charge is 0.338 e. The summed E-state index contributed by atoms with van der Waals surface area (Å²) in [6.07, 6.45) is -2.28. The van der Waals surface area contributed by atoms with Crippen molar-refractivity contribution in [3.8, 4) is 0 Å². The Hall–Kier alpha value is -3.61. The van der Waals surface area contributed by atoms with E-state index in [4.69, 9.17) is 46.9 Å². The SMILES string of the molecule is COCCO[C@@H]1[C@H](OC(=O)c2ccc(C)cc2)[C@@H](COC(=O)c2ccc(C)cc2)O[C@H]1n1cnc2c(Cl)nc(Cl)nc21. The topological polar surface area (TPSA) is 124 Å². The van der Waals surface area contributed by atoms with Crippen molar-refractivity contribution >= 4 is 46.3 Å². The number of methoxy groups -OCH3 is 1. The Morgan fingerprint density at radius 3 is 2.19 bits per heavy atom. The van der Waals surface area contributed by atoms with Crippen molar-refractivity contribution < 1.29 is 33.3 Å². The van der Waals surface area contributed by atoms with Crippen molar-refractivity contribution in [2.45, 2.75) is 38.4 Å². The first-order valence-corrected chi connectivity index (χ1v) is 13.8. The Morgan fingerprint density at radius 1 is 0.905 bits per heavy atom. The summed E-state index contributed by atoms with van der Waals surface area (Å²) in [7, 11) is 1.54. The fourth-order valence-corrected chi connectivity index (χ4v) is 4.93. The van der Waals surface area contributed by atoms with Crippen LogP contribution in [0.25, 0.3) is 11.2 Å². The molecule has 0 aliphatic carbocycles. The molecule has 220 valence electrons. The largest absolute Gasteiger partial charge is 0.459 e. The van der Waals surface area contributed by atoms with Crippen molar-refractivity contribution in [3.05, 3.63) is 87.5 Å². The van der Waals surface area contributed by atoms with Crippen molar-refractivity contribution in [2.24, 2.45) is 0 Å². The summed E-state index contributed by atoms with van der Waals surface area (Å²) in [6.45, 7) is 4.02. The minimum atomic E-state index is -1.00. The average molecular weight is 615 g/mol. The number of carbonyl (C=O) groups is 2. The van der Waals surface area contributed by atoms with Gasteiger partial charge < -0.3 is 23.7 Å². The van der Waals surface area contributed by atoms with Crippen LogP contribution in [0.3, 0.4) is 0 Å². The Balaban J connectivity index is 1.48. The van der Waals surface area contributed by atoms with Crippen LogP contribution in [0.4, 0.5) is 0 Å². The summed E-state index contributed by atoms with van der Waals surface area (Å²) >= 11 is 12.3. The van der Waals surface area contributed by atoms with E-state index in [1.54, 1.807) is 35.9 Å². The molecule has 4 aromatic rings. The first-order chi connectivity index (χ1) is 20.2. The maximum atomic E-state index is 13.3. The number of rotatable bonds is 10. The molecular weight excluding hydrogens is 587 g/mol. The summed E-state index contributed by atoms with van der Waals surface area (Å²) < 4.78 is 30.9. The molecule has 4 atom stereocenters. The molecule has 2 aromatic carbocycles. The lowest BCUT2D eigenvalue weighted by molar-refractivity contribution is -0.0805. The normalized spacial score (nSPS) is 20.1. The van der Waals surface area contributed by atoms with Crippen molar-refractivity contribution in [1.82, 2.24) is 19.5 Å². The van der Waals surface area contributed by atoms with Crippen molar-refractivity contribution in [1.29, 1.82) is 0 Å². The predicted octanol–water partition coefficient (Wildman–Crippen LogP) is 4.76. The molecule has 0 amide bonds. The molecular formula is C29H28Cl2N4O7. The Morgan fingerprint density at radius 2 is 1.55 bits per heavy atom. The molecule has 0 saturated carbocycles. The Kier molecular flexibility index (Phi) is 9.34. The van der Waals surface area contributed by atoms with Gasteiger partial charge in [0.05, 0.1) is 30.7 Å². The third-order valence-electron chi connectivity index (χ3n) is 6.71. The van der Waals surface area contributed by atoms with Gasteiger partial charge in [-0.15, -0.1) is 0 Å². The van der Waals surface area contributed by atoms with E-state index in [-0.39, 0.29) is 35.9 Å². The monoisotopic (exact) mass is 614 g/mol. The molecule has 0 N–H and O–H groups in total. The van der Waals surface area contributed by atoms with E-state index < -0.39 is 36.5 Å². The third-order valence-corrected chi connectivity index (χ3v) is 7.14. The highest BCUT2D eigenvalue weighted by atomic mass is 35.5. The molecule has 0 spiro atoms. The first kappa shape index (κ1) is 29.9. The van der Waals surface area contributed by atoms with Crippen LogP contribution >= 0.6 is 23.2 Å². The summed E-state index contributed by atoms with van der Waals surface area (Å²) in [5, 5.41) is -0.0282. The highest BCUT2D eigenvalue weighted by Crippen LogP contribution is 2.37. The van der Waals surface area contributed by atoms with E-state index in [0.29, 0.717) is 16.6 Å².